The van der Waals surface area contributed by atoms with E-state index in [9.17, 15) is 18.0 Å². The van der Waals surface area contributed by atoms with Crippen molar-refractivity contribution in [1.82, 2.24) is 9.88 Å². The number of anilines is 1. The van der Waals surface area contributed by atoms with Crippen molar-refractivity contribution in [2.75, 3.05) is 18.4 Å². The number of nitrogens with zero attached hydrogens (tertiary/aromatic N) is 1. The van der Waals surface area contributed by atoms with Crippen LogP contribution < -0.4 is 14.9 Å². The molecule has 4 rings (SSSR count). The molecular formula is C24H27N3O5S. The Morgan fingerprint density at radius 3 is 2.79 bits per heavy atom. The Morgan fingerprint density at radius 1 is 1.21 bits per heavy atom. The Bertz CT molecular complexity index is 1350. The van der Waals surface area contributed by atoms with E-state index in [1.54, 1.807) is 29.2 Å². The maximum Gasteiger partial charge on any atom is 0.261 e. The molecule has 1 amide bonds. The normalized spacial score (nSPS) is 16.5. The molecule has 9 heteroatoms. The maximum absolute atomic E-state index is 13.2. The number of hydrogen-bond acceptors (Lipinski definition) is 5. The summed E-state index contributed by atoms with van der Waals surface area (Å²) in [5, 5.41) is 0.152. The summed E-state index contributed by atoms with van der Waals surface area (Å²) < 4.78 is 33.6. The Balaban J connectivity index is 1.70. The molecule has 3 aromatic rings. The molecule has 174 valence electrons. The number of nitrogens with one attached hydrogen (secondary N) is 2. The van der Waals surface area contributed by atoms with Crippen LogP contribution in [0, 0.1) is 0 Å². The minimum atomic E-state index is -3.97. The van der Waals surface area contributed by atoms with Crippen LogP contribution in [0.1, 0.15) is 43.0 Å². The molecular weight excluding hydrogens is 442 g/mol. The summed E-state index contributed by atoms with van der Waals surface area (Å²) in [5.41, 5.74) is 0.344. The minimum absolute atomic E-state index is 0.0261. The summed E-state index contributed by atoms with van der Waals surface area (Å²) in [4.78, 5) is 31.1. The summed E-state index contributed by atoms with van der Waals surface area (Å²) >= 11 is 0. The second-order valence-corrected chi connectivity index (χ2v) is 9.82. The molecule has 1 unspecified atom stereocenters. The van der Waals surface area contributed by atoms with Gasteiger partial charge in [0.2, 0.25) is 5.43 Å². The summed E-state index contributed by atoms with van der Waals surface area (Å²) in [6.07, 6.45) is 5.16. The van der Waals surface area contributed by atoms with E-state index in [0.29, 0.717) is 23.5 Å². The molecule has 1 fully saturated rings. The van der Waals surface area contributed by atoms with E-state index in [0.717, 1.165) is 25.7 Å². The van der Waals surface area contributed by atoms with Crippen molar-refractivity contribution in [2.45, 2.75) is 43.5 Å². The third kappa shape index (κ3) is 4.59. The van der Waals surface area contributed by atoms with E-state index in [4.69, 9.17) is 4.74 Å². The molecule has 8 nitrogen and oxygen atoms in total. The third-order valence-electron chi connectivity index (χ3n) is 6.07. The SMILES string of the molecule is CCC1CCCCN1C(=O)c1c[nH]c2ccc(S(=O)(=O)Nc3cccc(OC)c3)cc2c1=O. The molecule has 0 spiro atoms. The molecule has 1 aliphatic rings. The standard InChI is InChI=1S/C24H27N3O5S/c1-3-17-8-4-5-12-27(17)24(29)21-15-25-22-11-10-19(14-20(22)23(21)28)33(30,31)26-16-7-6-9-18(13-16)32-2/h6-7,9-11,13-15,17,26H,3-5,8,12H2,1-2H3,(H,25,28). The zero-order chi connectivity index (χ0) is 23.6. The van der Waals surface area contributed by atoms with E-state index >= 15 is 0 Å². The minimum Gasteiger partial charge on any atom is -0.497 e. The van der Waals surface area contributed by atoms with Crippen molar-refractivity contribution in [3.63, 3.8) is 0 Å². The molecule has 1 saturated heterocycles. The lowest BCUT2D eigenvalue weighted by Gasteiger charge is -2.35. The summed E-state index contributed by atoms with van der Waals surface area (Å²) in [5.74, 6) is 0.198. The average Bonchev–Trinajstić information content (AvgIpc) is 2.83. The van der Waals surface area contributed by atoms with Crippen molar-refractivity contribution in [3.05, 3.63) is 64.4 Å². The van der Waals surface area contributed by atoms with Gasteiger partial charge in [-0.2, -0.15) is 0 Å². The summed E-state index contributed by atoms with van der Waals surface area (Å²) in [7, 11) is -2.47. The molecule has 0 radical (unpaired) electrons. The van der Waals surface area contributed by atoms with Gasteiger partial charge in [0.1, 0.15) is 11.3 Å². The van der Waals surface area contributed by atoms with Gasteiger partial charge in [0.05, 0.1) is 17.7 Å². The molecule has 2 N–H and O–H groups in total. The van der Waals surface area contributed by atoms with Gasteiger partial charge in [0.15, 0.2) is 0 Å². The Kier molecular flexibility index (Phi) is 6.42. The number of rotatable bonds is 6. The maximum atomic E-state index is 13.2. The van der Waals surface area contributed by atoms with Crippen molar-refractivity contribution < 1.29 is 17.9 Å². The van der Waals surface area contributed by atoms with Gasteiger partial charge in [-0.05, 0) is 56.0 Å². The first-order valence-electron chi connectivity index (χ1n) is 11.0. The van der Waals surface area contributed by atoms with Crippen LogP contribution in [0.4, 0.5) is 5.69 Å². The van der Waals surface area contributed by atoms with Gasteiger partial charge in [-0.25, -0.2) is 8.42 Å². The van der Waals surface area contributed by atoms with Crippen molar-refractivity contribution >= 4 is 32.5 Å². The Labute approximate surface area is 192 Å². The van der Waals surface area contributed by atoms with Crippen LogP contribution in [0.3, 0.4) is 0 Å². The van der Waals surface area contributed by atoms with Crippen molar-refractivity contribution in [2.24, 2.45) is 0 Å². The average molecular weight is 470 g/mol. The molecule has 2 heterocycles. The van der Waals surface area contributed by atoms with Crippen molar-refractivity contribution in [3.8, 4) is 5.75 Å². The third-order valence-corrected chi connectivity index (χ3v) is 7.45. The topological polar surface area (TPSA) is 109 Å². The molecule has 2 aromatic carbocycles. The van der Waals surface area contributed by atoms with E-state index in [1.165, 1.54) is 31.5 Å². The van der Waals surface area contributed by atoms with Gasteiger partial charge in [-0.3, -0.25) is 14.3 Å². The highest BCUT2D eigenvalue weighted by Gasteiger charge is 2.28. The highest BCUT2D eigenvalue weighted by Crippen LogP contribution is 2.24. The molecule has 0 saturated carbocycles. The van der Waals surface area contributed by atoms with Gasteiger partial charge >= 0.3 is 0 Å². The molecule has 1 aromatic heterocycles. The van der Waals surface area contributed by atoms with Gasteiger partial charge in [-0.15, -0.1) is 0 Å². The predicted octanol–water partition coefficient (Wildman–Crippen LogP) is 3.74. The van der Waals surface area contributed by atoms with Gasteiger partial charge in [-0.1, -0.05) is 13.0 Å². The van der Waals surface area contributed by atoms with Crippen LogP contribution in [-0.4, -0.2) is 43.9 Å². The van der Waals surface area contributed by atoms with Crippen LogP contribution in [0.2, 0.25) is 0 Å². The quantitative estimate of drug-likeness (QED) is 0.572. The number of pyridine rings is 1. The number of carbonyl (C=O) groups excluding carboxylic acids is 1. The number of hydrogen-bond donors (Lipinski definition) is 2. The summed E-state index contributed by atoms with van der Waals surface area (Å²) in [6, 6.07) is 10.9. The number of benzene rings is 2. The largest absolute Gasteiger partial charge is 0.497 e. The fourth-order valence-corrected chi connectivity index (χ4v) is 5.35. The van der Waals surface area contributed by atoms with E-state index < -0.39 is 15.5 Å². The number of sulfonamides is 1. The highest BCUT2D eigenvalue weighted by molar-refractivity contribution is 7.92. The number of piperidine rings is 1. The van der Waals surface area contributed by atoms with Crippen molar-refractivity contribution in [1.29, 1.82) is 0 Å². The molecule has 1 aliphatic heterocycles. The second-order valence-electron chi connectivity index (χ2n) is 8.13. The Hall–Kier alpha value is -3.33. The number of methoxy groups -OCH3 is 1. The number of aromatic nitrogens is 1. The smallest absolute Gasteiger partial charge is 0.261 e. The fourth-order valence-electron chi connectivity index (χ4n) is 4.27. The summed E-state index contributed by atoms with van der Waals surface area (Å²) in [6.45, 7) is 2.65. The monoisotopic (exact) mass is 469 g/mol. The number of carbonyl (C=O) groups is 1. The predicted molar refractivity (Wildman–Crippen MR) is 127 cm³/mol. The fraction of sp³-hybridized carbons (Fsp3) is 0.333. The van der Waals surface area contributed by atoms with Gasteiger partial charge in [0.25, 0.3) is 15.9 Å². The number of fused-ring (bicyclic) bond motifs is 1. The zero-order valence-electron chi connectivity index (χ0n) is 18.6. The van der Waals surface area contributed by atoms with Crippen LogP contribution >= 0.6 is 0 Å². The van der Waals surface area contributed by atoms with Gasteiger partial charge < -0.3 is 14.6 Å². The number of amides is 1. The van der Waals surface area contributed by atoms with Crippen LogP contribution in [0.5, 0.6) is 5.75 Å². The molecule has 1 atom stereocenters. The second kappa shape index (κ2) is 9.27. The number of aromatic amines is 1. The molecule has 33 heavy (non-hydrogen) atoms. The zero-order valence-corrected chi connectivity index (χ0v) is 19.4. The first-order valence-corrected chi connectivity index (χ1v) is 12.5. The number of H-pyrrole nitrogens is 1. The van der Waals surface area contributed by atoms with E-state index in [1.807, 2.05) is 6.92 Å². The van der Waals surface area contributed by atoms with Crippen LogP contribution in [0.25, 0.3) is 10.9 Å². The molecule has 0 aliphatic carbocycles. The lowest BCUT2D eigenvalue weighted by Crippen LogP contribution is -2.44. The highest BCUT2D eigenvalue weighted by atomic mass is 32.2. The van der Waals surface area contributed by atoms with Crippen LogP contribution in [-0.2, 0) is 10.0 Å². The first kappa shape index (κ1) is 22.8. The lowest BCUT2D eigenvalue weighted by atomic mass is 9.99. The first-order chi connectivity index (χ1) is 15.8. The van der Waals surface area contributed by atoms with Crippen LogP contribution in [0.15, 0.2) is 58.4 Å². The Morgan fingerprint density at radius 2 is 2.03 bits per heavy atom. The molecule has 0 bridgehead atoms. The van der Waals surface area contributed by atoms with Gasteiger partial charge in [0, 0.05) is 35.8 Å². The number of ether oxygens (including phenoxy) is 1. The van der Waals surface area contributed by atoms with E-state index in [2.05, 4.69) is 9.71 Å². The lowest BCUT2D eigenvalue weighted by molar-refractivity contribution is 0.0606. The van der Waals surface area contributed by atoms with E-state index in [-0.39, 0.29) is 27.8 Å². The number of likely N-dealkylation sites (tertiary alicyclic amines) is 1.